The first-order valence-corrected chi connectivity index (χ1v) is 6.08. The van der Waals surface area contributed by atoms with E-state index in [1.807, 2.05) is 0 Å². The van der Waals surface area contributed by atoms with E-state index in [0.717, 1.165) is 6.42 Å². The van der Waals surface area contributed by atoms with Gasteiger partial charge in [-0.25, -0.2) is 0 Å². The summed E-state index contributed by atoms with van der Waals surface area (Å²) in [7, 11) is 0. The van der Waals surface area contributed by atoms with Gasteiger partial charge in [0, 0.05) is 12.1 Å². The van der Waals surface area contributed by atoms with E-state index >= 15 is 0 Å². The molecule has 88 valence electrons. The van der Waals surface area contributed by atoms with Crippen LogP contribution >= 0.6 is 0 Å². The number of hydrazine groups is 1. The molecule has 2 nitrogen and oxygen atoms in total. The quantitative estimate of drug-likeness (QED) is 0.757. The molecule has 0 aromatic heterocycles. The molecule has 1 heterocycles. The monoisotopic (exact) mass is 218 g/mol. The fraction of sp³-hybridized carbons (Fsp3) is 0.571. The first-order valence-electron chi connectivity index (χ1n) is 6.08. The van der Waals surface area contributed by atoms with Gasteiger partial charge in [-0.2, -0.15) is 0 Å². The van der Waals surface area contributed by atoms with Gasteiger partial charge in [-0.1, -0.05) is 45.0 Å². The molecule has 16 heavy (non-hydrogen) atoms. The first-order chi connectivity index (χ1) is 7.47. The molecule has 1 aliphatic rings. The fourth-order valence-electron chi connectivity index (χ4n) is 2.15. The van der Waals surface area contributed by atoms with Crippen molar-refractivity contribution < 1.29 is 0 Å². The maximum atomic E-state index is 3.33. The zero-order chi connectivity index (χ0) is 11.8. The number of benzene rings is 1. The fourth-order valence-corrected chi connectivity index (χ4v) is 2.15. The molecular weight excluding hydrogens is 196 g/mol. The van der Waals surface area contributed by atoms with Gasteiger partial charge in [0.15, 0.2) is 0 Å². The highest BCUT2D eigenvalue weighted by Crippen LogP contribution is 2.26. The molecule has 1 aromatic carbocycles. The van der Waals surface area contributed by atoms with Crippen molar-refractivity contribution in [2.45, 2.75) is 51.6 Å². The minimum Gasteiger partial charge on any atom is -0.254 e. The number of rotatable bonds is 1. The Morgan fingerprint density at radius 1 is 1.06 bits per heavy atom. The maximum Gasteiger partial charge on any atom is 0.0477 e. The molecule has 1 fully saturated rings. The second-order valence-electron chi connectivity index (χ2n) is 5.85. The summed E-state index contributed by atoms with van der Waals surface area (Å²) in [5.41, 5.74) is 9.61. The molecule has 2 unspecified atom stereocenters. The molecule has 1 aliphatic heterocycles. The molecule has 2 rings (SSSR count). The third kappa shape index (κ3) is 2.45. The van der Waals surface area contributed by atoms with E-state index < -0.39 is 0 Å². The van der Waals surface area contributed by atoms with Gasteiger partial charge in [-0.15, -0.1) is 0 Å². The van der Waals surface area contributed by atoms with Gasteiger partial charge in [-0.05, 0) is 29.9 Å². The highest BCUT2D eigenvalue weighted by Gasteiger charge is 2.22. The SMILES string of the molecule is CC1CC(c2ccc(C(C)(C)C)cc2)NN1. The van der Waals surface area contributed by atoms with Crippen molar-refractivity contribution in [1.29, 1.82) is 0 Å². The summed E-state index contributed by atoms with van der Waals surface area (Å²) in [4.78, 5) is 0. The van der Waals surface area contributed by atoms with E-state index in [4.69, 9.17) is 0 Å². The summed E-state index contributed by atoms with van der Waals surface area (Å²) in [6, 6.07) is 10.0. The van der Waals surface area contributed by atoms with Gasteiger partial charge in [-0.3, -0.25) is 10.9 Å². The summed E-state index contributed by atoms with van der Waals surface area (Å²) in [5, 5.41) is 0. The zero-order valence-electron chi connectivity index (χ0n) is 10.7. The van der Waals surface area contributed by atoms with Crippen molar-refractivity contribution in [3.05, 3.63) is 35.4 Å². The Bertz CT molecular complexity index is 348. The summed E-state index contributed by atoms with van der Waals surface area (Å²) in [6.45, 7) is 8.95. The van der Waals surface area contributed by atoms with Crippen LogP contribution in [0.5, 0.6) is 0 Å². The lowest BCUT2D eigenvalue weighted by Gasteiger charge is -2.20. The van der Waals surface area contributed by atoms with Crippen LogP contribution in [0.2, 0.25) is 0 Å². The molecule has 0 amide bonds. The molecular formula is C14H22N2. The van der Waals surface area contributed by atoms with Crippen molar-refractivity contribution >= 4 is 0 Å². The average Bonchev–Trinajstić information content (AvgIpc) is 2.64. The Balaban J connectivity index is 2.14. The summed E-state index contributed by atoms with van der Waals surface area (Å²) in [6.07, 6.45) is 1.16. The van der Waals surface area contributed by atoms with Gasteiger partial charge >= 0.3 is 0 Å². The molecule has 0 radical (unpaired) electrons. The molecule has 1 saturated heterocycles. The third-order valence-electron chi connectivity index (χ3n) is 3.27. The maximum absolute atomic E-state index is 3.33. The van der Waals surface area contributed by atoms with Crippen molar-refractivity contribution in [3.8, 4) is 0 Å². The Hall–Kier alpha value is -0.860. The van der Waals surface area contributed by atoms with Crippen LogP contribution < -0.4 is 10.9 Å². The minimum atomic E-state index is 0.243. The zero-order valence-corrected chi connectivity index (χ0v) is 10.7. The third-order valence-corrected chi connectivity index (χ3v) is 3.27. The minimum absolute atomic E-state index is 0.243. The molecule has 1 aromatic rings. The van der Waals surface area contributed by atoms with Gasteiger partial charge in [0.05, 0.1) is 0 Å². The van der Waals surface area contributed by atoms with E-state index in [9.17, 15) is 0 Å². The Labute approximate surface area is 98.4 Å². The van der Waals surface area contributed by atoms with Crippen LogP contribution in [0.25, 0.3) is 0 Å². The smallest absolute Gasteiger partial charge is 0.0477 e. The molecule has 0 bridgehead atoms. The van der Waals surface area contributed by atoms with E-state index in [1.165, 1.54) is 11.1 Å². The van der Waals surface area contributed by atoms with Crippen molar-refractivity contribution in [2.24, 2.45) is 0 Å². The van der Waals surface area contributed by atoms with E-state index in [2.05, 4.69) is 62.8 Å². The van der Waals surface area contributed by atoms with Gasteiger partial charge in [0.25, 0.3) is 0 Å². The van der Waals surface area contributed by atoms with Crippen LogP contribution in [0.1, 0.15) is 51.3 Å². The molecule has 2 N–H and O–H groups in total. The van der Waals surface area contributed by atoms with Crippen LogP contribution in [0.15, 0.2) is 24.3 Å². The lowest BCUT2D eigenvalue weighted by atomic mass is 9.86. The number of hydrogen-bond donors (Lipinski definition) is 2. The second kappa shape index (κ2) is 4.19. The predicted molar refractivity (Wildman–Crippen MR) is 68.2 cm³/mol. The first kappa shape index (κ1) is 11.6. The molecule has 2 atom stereocenters. The van der Waals surface area contributed by atoms with Crippen molar-refractivity contribution in [3.63, 3.8) is 0 Å². The van der Waals surface area contributed by atoms with Gasteiger partial charge < -0.3 is 0 Å². The van der Waals surface area contributed by atoms with Crippen LogP contribution in [0, 0.1) is 0 Å². The van der Waals surface area contributed by atoms with E-state index in [0.29, 0.717) is 12.1 Å². The van der Waals surface area contributed by atoms with Crippen LogP contribution in [0.4, 0.5) is 0 Å². The Morgan fingerprint density at radius 2 is 1.69 bits per heavy atom. The Morgan fingerprint density at radius 3 is 2.12 bits per heavy atom. The lowest BCUT2D eigenvalue weighted by Crippen LogP contribution is -2.28. The summed E-state index contributed by atoms with van der Waals surface area (Å²) >= 11 is 0. The average molecular weight is 218 g/mol. The molecule has 0 saturated carbocycles. The molecule has 0 aliphatic carbocycles. The lowest BCUT2D eigenvalue weighted by molar-refractivity contribution is 0.559. The highest BCUT2D eigenvalue weighted by atomic mass is 15.4. The second-order valence-corrected chi connectivity index (χ2v) is 5.85. The largest absolute Gasteiger partial charge is 0.254 e. The van der Waals surface area contributed by atoms with Crippen molar-refractivity contribution in [1.82, 2.24) is 10.9 Å². The molecule has 0 spiro atoms. The van der Waals surface area contributed by atoms with Crippen LogP contribution in [0.3, 0.4) is 0 Å². The van der Waals surface area contributed by atoms with Crippen molar-refractivity contribution in [2.75, 3.05) is 0 Å². The summed E-state index contributed by atoms with van der Waals surface area (Å²) < 4.78 is 0. The van der Waals surface area contributed by atoms with E-state index in [1.54, 1.807) is 0 Å². The molecule has 2 heteroatoms. The number of nitrogens with one attached hydrogen (secondary N) is 2. The Kier molecular flexibility index (Phi) is 3.04. The number of hydrogen-bond acceptors (Lipinski definition) is 2. The highest BCUT2D eigenvalue weighted by molar-refractivity contribution is 5.29. The normalized spacial score (nSPS) is 26.0. The topological polar surface area (TPSA) is 24.1 Å². The summed E-state index contributed by atoms with van der Waals surface area (Å²) in [5.74, 6) is 0. The predicted octanol–water partition coefficient (Wildman–Crippen LogP) is 2.91. The van der Waals surface area contributed by atoms with Gasteiger partial charge in [0.2, 0.25) is 0 Å². The standard InChI is InChI=1S/C14H22N2/c1-10-9-13(16-15-10)11-5-7-12(8-6-11)14(2,3)4/h5-8,10,13,15-16H,9H2,1-4H3. The van der Waals surface area contributed by atoms with E-state index in [-0.39, 0.29) is 5.41 Å². The van der Waals surface area contributed by atoms with Gasteiger partial charge in [0.1, 0.15) is 0 Å². The van der Waals surface area contributed by atoms with Crippen LogP contribution in [-0.4, -0.2) is 6.04 Å². The van der Waals surface area contributed by atoms with Crippen LogP contribution in [-0.2, 0) is 5.41 Å².